The molecule has 490 valence electrons. The number of carbonyl (C=O) groups is 4. The van der Waals surface area contributed by atoms with Gasteiger partial charge in [-0.3, -0.25) is 9.59 Å². The van der Waals surface area contributed by atoms with Crippen molar-refractivity contribution >= 4 is 63.3 Å². The summed E-state index contributed by atoms with van der Waals surface area (Å²) < 4.78 is 41.0. The number of esters is 1. The van der Waals surface area contributed by atoms with Gasteiger partial charge >= 0.3 is 5.97 Å². The molecule has 0 radical (unpaired) electrons. The number of benzene rings is 4. The minimum Gasteiger partial charge on any atom is -0.493 e. The van der Waals surface area contributed by atoms with E-state index in [1.54, 1.807) is 20.1 Å². The normalized spacial score (nSPS) is 15.2. The van der Waals surface area contributed by atoms with Gasteiger partial charge in [0.25, 0.3) is 5.91 Å². The molecule has 3 heterocycles. The molecule has 0 aromatic heterocycles. The number of methoxy groups -OCH3 is 2. The van der Waals surface area contributed by atoms with Crippen LogP contribution < -0.4 is 14.8 Å². The Labute approximate surface area is 538 Å². The number of ether oxygens (including phenoxy) is 5. The number of hydrogen-bond acceptors (Lipinski definition) is 11. The van der Waals surface area contributed by atoms with Crippen LogP contribution in [0.3, 0.4) is 0 Å². The summed E-state index contributed by atoms with van der Waals surface area (Å²) >= 11 is 6.83. The summed E-state index contributed by atoms with van der Waals surface area (Å²) in [5, 5.41) is 5.15. The highest BCUT2D eigenvalue weighted by Gasteiger charge is 2.36. The first-order valence-electron chi connectivity index (χ1n) is 32.1. The minimum atomic E-state index is -0.432. The molecule has 3 aliphatic heterocycles. The van der Waals surface area contributed by atoms with Crippen molar-refractivity contribution in [2.24, 2.45) is 11.8 Å². The predicted octanol–water partition coefficient (Wildman–Crippen LogP) is 17.1. The van der Waals surface area contributed by atoms with Crippen LogP contribution in [-0.4, -0.2) is 112 Å². The van der Waals surface area contributed by atoms with E-state index in [9.17, 15) is 23.6 Å². The van der Waals surface area contributed by atoms with Gasteiger partial charge in [0.15, 0.2) is 13.4 Å². The van der Waals surface area contributed by atoms with Gasteiger partial charge in [-0.05, 0) is 149 Å². The first-order chi connectivity index (χ1) is 42.6. The zero-order chi connectivity index (χ0) is 66.2. The van der Waals surface area contributed by atoms with Gasteiger partial charge in [-0.15, -0.1) is 0 Å². The van der Waals surface area contributed by atoms with Crippen molar-refractivity contribution in [3.05, 3.63) is 147 Å². The molecular weight excluding hydrogens is 1140 g/mol. The summed E-state index contributed by atoms with van der Waals surface area (Å²) in [5.41, 5.74) is 11.3. The molecule has 1 fully saturated rings. The van der Waals surface area contributed by atoms with Gasteiger partial charge < -0.3 is 48.5 Å². The third-order valence-corrected chi connectivity index (χ3v) is 16.7. The van der Waals surface area contributed by atoms with E-state index in [1.807, 2.05) is 65.3 Å². The second-order valence-corrected chi connectivity index (χ2v) is 23.6. The van der Waals surface area contributed by atoms with Gasteiger partial charge in [-0.2, -0.15) is 0 Å². The van der Waals surface area contributed by atoms with Crippen molar-refractivity contribution in [3.63, 3.8) is 0 Å². The molecule has 7 rings (SSSR count). The summed E-state index contributed by atoms with van der Waals surface area (Å²) in [6.45, 7) is 37.4. The first-order valence-corrected chi connectivity index (χ1v) is 32.5. The molecule has 3 aliphatic rings. The maximum atomic E-state index is 13.7. The van der Waals surface area contributed by atoms with Crippen LogP contribution in [0.15, 0.2) is 109 Å². The average Bonchev–Trinajstić information content (AvgIpc) is 2.02. The molecule has 4 aromatic rings. The molecule has 4 aromatic carbocycles. The fraction of sp³-hybridized carbons (Fsp3) is 0.514. The van der Waals surface area contributed by atoms with Gasteiger partial charge in [-0.1, -0.05) is 142 Å². The highest BCUT2D eigenvalue weighted by atomic mass is 35.5. The van der Waals surface area contributed by atoms with E-state index in [0.29, 0.717) is 54.5 Å². The Bertz CT molecular complexity index is 3040. The Balaban J connectivity index is 0.000000370. The van der Waals surface area contributed by atoms with E-state index in [4.69, 9.17) is 35.3 Å². The number of nitrogens with zero attached hydrogens (tertiary/aromatic N) is 3. The quantitative estimate of drug-likeness (QED) is 0.0212. The molecule has 1 N–H and O–H groups in total. The van der Waals surface area contributed by atoms with Gasteiger partial charge in [-0.25, -0.2) is 9.18 Å². The Kier molecular flexibility index (Phi) is 35.1. The number of fused-ring (bicyclic) bond motifs is 2. The number of allylic oxidation sites excluding steroid dienone is 5. The molecule has 0 aliphatic carbocycles. The van der Waals surface area contributed by atoms with Gasteiger partial charge in [0, 0.05) is 116 Å². The molecule has 0 saturated carbocycles. The van der Waals surface area contributed by atoms with E-state index in [0.717, 1.165) is 137 Å². The molecule has 0 spiro atoms. The Hall–Kier alpha value is -6.74. The Morgan fingerprint density at radius 3 is 2.13 bits per heavy atom. The number of aldehydes is 1. The van der Waals surface area contributed by atoms with Crippen molar-refractivity contribution in [2.45, 2.75) is 173 Å². The number of piperidine rings is 1. The van der Waals surface area contributed by atoms with Crippen LogP contribution in [0, 0.1) is 24.6 Å². The fourth-order valence-electron chi connectivity index (χ4n) is 10.6. The van der Waals surface area contributed by atoms with Crippen LogP contribution >= 0.6 is 11.6 Å². The largest absolute Gasteiger partial charge is 0.493 e. The van der Waals surface area contributed by atoms with Crippen LogP contribution in [0.2, 0.25) is 5.02 Å². The lowest BCUT2D eigenvalue weighted by Gasteiger charge is -2.33. The highest BCUT2D eigenvalue weighted by Crippen LogP contribution is 2.42. The third-order valence-electron chi connectivity index (χ3n) is 16.4. The maximum Gasteiger partial charge on any atom is 0.336 e. The number of rotatable bonds is 26. The molecule has 0 bridgehead atoms. The van der Waals surface area contributed by atoms with Gasteiger partial charge in [0.2, 0.25) is 5.91 Å². The lowest BCUT2D eigenvalue weighted by atomic mass is 9.85. The van der Waals surface area contributed by atoms with E-state index >= 15 is 0 Å². The number of hydrogen-bond donors (Lipinski definition) is 1. The summed E-state index contributed by atoms with van der Waals surface area (Å²) in [6.07, 6.45) is 14.8. The SMILES string of the molecule is C=C1CCC(N2Cc3c(OCC(=O)N(CCC)CCC)cccc3C2=C)C(=O)N1.CCC(C)CCOC.CCC=O.CCCC(C)CC.COCOC(=O)/C(C)=C(\CCCOc1cccc2cc(F)ccc12)c1ccc(Cl)c(C2=C(C)N(C)CC=C2C)c1C. The lowest BCUT2D eigenvalue weighted by molar-refractivity contribution is -0.149. The number of nitrogens with one attached hydrogen (secondary N) is 1. The summed E-state index contributed by atoms with van der Waals surface area (Å²) in [6, 6.07) is 19.7. The van der Waals surface area contributed by atoms with E-state index < -0.39 is 5.97 Å². The third kappa shape index (κ3) is 23.5. The zero-order valence-corrected chi connectivity index (χ0v) is 57.3. The van der Waals surface area contributed by atoms with Crippen LogP contribution in [0.1, 0.15) is 181 Å². The van der Waals surface area contributed by atoms with Crippen molar-refractivity contribution in [1.82, 2.24) is 20.0 Å². The molecule has 3 atom stereocenters. The van der Waals surface area contributed by atoms with Gasteiger partial charge in [0.05, 0.1) is 6.61 Å². The predicted molar refractivity (Wildman–Crippen MR) is 365 cm³/mol. The minimum absolute atomic E-state index is 0.00477. The van der Waals surface area contributed by atoms with Gasteiger partial charge in [0.1, 0.15) is 29.6 Å². The van der Waals surface area contributed by atoms with Crippen LogP contribution in [-0.2, 0) is 39.9 Å². The van der Waals surface area contributed by atoms with Crippen molar-refractivity contribution in [1.29, 1.82) is 0 Å². The summed E-state index contributed by atoms with van der Waals surface area (Å²) in [4.78, 5) is 53.3. The molecule has 3 unspecified atom stereocenters. The molecule has 13 nitrogen and oxygen atoms in total. The topological polar surface area (TPSA) is 136 Å². The Morgan fingerprint density at radius 1 is 0.865 bits per heavy atom. The fourth-order valence-corrected chi connectivity index (χ4v) is 10.9. The zero-order valence-electron chi connectivity index (χ0n) is 56.6. The van der Waals surface area contributed by atoms with Crippen molar-refractivity contribution in [2.75, 3.05) is 67.5 Å². The average molecular weight is 1250 g/mol. The monoisotopic (exact) mass is 1250 g/mol. The molecule has 89 heavy (non-hydrogen) atoms. The highest BCUT2D eigenvalue weighted by molar-refractivity contribution is 6.33. The molecular formula is C74H106ClFN4O9. The number of halogens is 2. The second kappa shape index (κ2) is 40.8. The lowest BCUT2D eigenvalue weighted by Crippen LogP contribution is -2.47. The smallest absolute Gasteiger partial charge is 0.336 e. The molecule has 15 heteroatoms. The van der Waals surface area contributed by atoms with E-state index in [-0.39, 0.29) is 37.1 Å². The van der Waals surface area contributed by atoms with Crippen LogP contribution in [0.5, 0.6) is 11.5 Å². The van der Waals surface area contributed by atoms with Crippen LogP contribution in [0.25, 0.3) is 27.6 Å². The molecule has 1 saturated heterocycles. The number of carbonyl (C=O) groups excluding carboxylic acids is 4. The Morgan fingerprint density at radius 2 is 1.53 bits per heavy atom. The van der Waals surface area contributed by atoms with Crippen molar-refractivity contribution < 1.29 is 47.3 Å². The van der Waals surface area contributed by atoms with Crippen LogP contribution in [0.4, 0.5) is 4.39 Å². The van der Waals surface area contributed by atoms with E-state index in [1.165, 1.54) is 56.9 Å². The number of amides is 2. The standard InChI is InChI=1S/C34H37ClFNO4.C23H31N3O3.C7H16O.C7H16.C3H6O/c1-21-16-17-37(5)24(4)32(21)33-22(2)28(14-15-30(33)35)27(23(3)34(38)41-20-39-6)10-8-18-40-31-11-7-9-25-19-26(36)12-13-29(25)31;1-5-12-25(13-6-2)22(27)15-29-21-9-7-8-18-17(4)26(14-19(18)21)20-11-10-16(3)24-23(20)28;1-4-7(2)5-6-8-3;1-4-6-7(3)5-2;1-2-3-4/h7,9,11-16,19H,8,10,17-18,20H2,1-6H3;7-9,20H,3-6,10-15H2,1-2H3,(H,24,28);7H,4-6H2,1-3H3;7H,4-6H2,1-3H3;3H,2H2,1H3/b27-23+;;;;. The number of likely N-dealkylation sites (N-methyl/N-ethyl adjacent to an activating group) is 1. The molecule has 2 amide bonds. The van der Waals surface area contributed by atoms with E-state index in [2.05, 4.69) is 106 Å². The maximum absolute atomic E-state index is 13.7. The first kappa shape index (κ1) is 76.5. The van der Waals surface area contributed by atoms with Crippen molar-refractivity contribution in [3.8, 4) is 11.5 Å². The summed E-state index contributed by atoms with van der Waals surface area (Å²) in [5.74, 6) is 2.41. The summed E-state index contributed by atoms with van der Waals surface area (Å²) in [7, 11) is 5.30. The second-order valence-electron chi connectivity index (χ2n) is 23.2.